The number of methoxy groups -OCH3 is 1. The Morgan fingerprint density at radius 3 is 2.71 bits per heavy atom. The molecule has 0 bridgehead atoms. The Morgan fingerprint density at radius 1 is 1.29 bits per heavy atom. The van der Waals surface area contributed by atoms with E-state index in [0.717, 1.165) is 43.9 Å². The Morgan fingerprint density at radius 2 is 2.10 bits per heavy atom. The highest BCUT2D eigenvalue weighted by atomic mass is 16.5. The molecule has 0 aromatic heterocycles. The van der Waals surface area contributed by atoms with E-state index in [9.17, 15) is 5.11 Å². The zero-order valence-electron chi connectivity index (χ0n) is 13.3. The molecule has 1 saturated carbocycles. The first-order chi connectivity index (χ1) is 10.1. The molecular weight excluding hydrogens is 266 g/mol. The van der Waals surface area contributed by atoms with Crippen molar-refractivity contribution in [1.29, 1.82) is 0 Å². The van der Waals surface area contributed by atoms with Crippen molar-refractivity contribution in [3.63, 3.8) is 0 Å². The summed E-state index contributed by atoms with van der Waals surface area (Å²) in [6, 6.07) is 5.99. The summed E-state index contributed by atoms with van der Waals surface area (Å²) in [4.78, 5) is 0. The van der Waals surface area contributed by atoms with Crippen LogP contribution >= 0.6 is 0 Å². The number of benzene rings is 1. The summed E-state index contributed by atoms with van der Waals surface area (Å²) in [5.74, 6) is 2.09. The first-order valence-corrected chi connectivity index (χ1v) is 7.82. The molecule has 2 atom stereocenters. The molecule has 1 aromatic carbocycles. The smallest absolute Gasteiger partial charge is 0.161 e. The lowest BCUT2D eigenvalue weighted by Gasteiger charge is -2.19. The first kappa shape index (κ1) is 16.1. The van der Waals surface area contributed by atoms with Gasteiger partial charge in [-0.1, -0.05) is 19.9 Å². The molecule has 118 valence electrons. The highest BCUT2D eigenvalue weighted by Gasteiger charge is 2.27. The second-order valence-electron chi connectivity index (χ2n) is 6.16. The van der Waals surface area contributed by atoms with Crippen molar-refractivity contribution in [2.24, 2.45) is 5.92 Å². The van der Waals surface area contributed by atoms with E-state index in [4.69, 9.17) is 9.47 Å². The highest BCUT2D eigenvalue weighted by molar-refractivity contribution is 5.43. The van der Waals surface area contributed by atoms with E-state index in [1.54, 1.807) is 7.11 Å². The van der Waals surface area contributed by atoms with Crippen LogP contribution in [0.5, 0.6) is 11.5 Å². The summed E-state index contributed by atoms with van der Waals surface area (Å²) in [5, 5.41) is 13.3. The predicted molar refractivity (Wildman–Crippen MR) is 83.8 cm³/mol. The van der Waals surface area contributed by atoms with E-state index in [-0.39, 0.29) is 12.2 Å². The molecule has 1 aliphatic carbocycles. The number of hydrogen-bond donors (Lipinski definition) is 2. The quantitative estimate of drug-likeness (QED) is 0.811. The van der Waals surface area contributed by atoms with E-state index in [0.29, 0.717) is 5.92 Å². The van der Waals surface area contributed by atoms with Gasteiger partial charge in [-0.3, -0.25) is 0 Å². The summed E-state index contributed by atoms with van der Waals surface area (Å²) in [6.45, 7) is 6.20. The maximum atomic E-state index is 9.86. The van der Waals surface area contributed by atoms with E-state index in [1.165, 1.54) is 5.56 Å². The molecule has 0 radical (unpaired) electrons. The summed E-state index contributed by atoms with van der Waals surface area (Å²) >= 11 is 0. The topological polar surface area (TPSA) is 50.7 Å². The van der Waals surface area contributed by atoms with Crippen LogP contribution in [-0.4, -0.2) is 31.0 Å². The van der Waals surface area contributed by atoms with Crippen molar-refractivity contribution in [2.45, 2.75) is 51.9 Å². The zero-order chi connectivity index (χ0) is 15.2. The van der Waals surface area contributed by atoms with Crippen molar-refractivity contribution < 1.29 is 14.6 Å². The molecule has 1 aliphatic rings. The molecule has 2 N–H and O–H groups in total. The van der Waals surface area contributed by atoms with Gasteiger partial charge in [0, 0.05) is 6.54 Å². The van der Waals surface area contributed by atoms with Crippen molar-refractivity contribution in [3.05, 3.63) is 23.8 Å². The van der Waals surface area contributed by atoms with Gasteiger partial charge in [0.25, 0.3) is 0 Å². The molecule has 0 saturated heterocycles. The standard InChI is InChI=1S/C17H27NO3/c1-12(2)10-18-11-13-7-8-16(17(9-13)20-3)21-15-6-4-5-14(15)19/h7-9,12,14-15,18-19H,4-6,10-11H2,1-3H3. The fraction of sp³-hybridized carbons (Fsp3) is 0.647. The monoisotopic (exact) mass is 293 g/mol. The van der Waals surface area contributed by atoms with E-state index < -0.39 is 0 Å². The van der Waals surface area contributed by atoms with Crippen LogP contribution in [0.1, 0.15) is 38.7 Å². The van der Waals surface area contributed by atoms with Gasteiger partial charge in [0.2, 0.25) is 0 Å². The second kappa shape index (κ2) is 7.66. The van der Waals surface area contributed by atoms with Crippen LogP contribution in [0, 0.1) is 5.92 Å². The third kappa shape index (κ3) is 4.61. The van der Waals surface area contributed by atoms with Crippen molar-refractivity contribution >= 4 is 0 Å². The lowest BCUT2D eigenvalue weighted by atomic mass is 10.1. The first-order valence-electron chi connectivity index (χ1n) is 7.82. The average Bonchev–Trinajstić information content (AvgIpc) is 2.85. The second-order valence-corrected chi connectivity index (χ2v) is 6.16. The normalized spacial score (nSPS) is 21.8. The molecule has 4 nitrogen and oxygen atoms in total. The van der Waals surface area contributed by atoms with Gasteiger partial charge < -0.3 is 19.9 Å². The minimum atomic E-state index is -0.359. The number of rotatable bonds is 7. The Labute approximate surface area is 127 Å². The summed E-state index contributed by atoms with van der Waals surface area (Å²) in [6.07, 6.45) is 2.28. The van der Waals surface area contributed by atoms with Crippen LogP contribution in [0.4, 0.5) is 0 Å². The molecule has 4 heteroatoms. The highest BCUT2D eigenvalue weighted by Crippen LogP contribution is 2.32. The minimum absolute atomic E-state index is 0.108. The number of aliphatic hydroxyl groups excluding tert-OH is 1. The maximum Gasteiger partial charge on any atom is 0.161 e. The third-order valence-electron chi connectivity index (χ3n) is 3.81. The van der Waals surface area contributed by atoms with E-state index >= 15 is 0 Å². The predicted octanol–water partition coefficient (Wildman–Crippen LogP) is 2.73. The van der Waals surface area contributed by atoms with Gasteiger partial charge >= 0.3 is 0 Å². The third-order valence-corrected chi connectivity index (χ3v) is 3.81. The maximum absolute atomic E-state index is 9.86. The van der Waals surface area contributed by atoms with Gasteiger partial charge in [-0.15, -0.1) is 0 Å². The molecular formula is C17H27NO3. The lowest BCUT2D eigenvalue weighted by Crippen LogP contribution is -2.25. The van der Waals surface area contributed by atoms with Crippen LogP contribution in [0.2, 0.25) is 0 Å². The van der Waals surface area contributed by atoms with Gasteiger partial charge in [-0.2, -0.15) is 0 Å². The number of aliphatic hydroxyl groups is 1. The lowest BCUT2D eigenvalue weighted by molar-refractivity contribution is 0.0586. The minimum Gasteiger partial charge on any atom is -0.493 e. The van der Waals surface area contributed by atoms with Crippen LogP contribution in [-0.2, 0) is 6.54 Å². The Balaban J connectivity index is 1.98. The Hall–Kier alpha value is -1.26. The molecule has 1 fully saturated rings. The average molecular weight is 293 g/mol. The van der Waals surface area contributed by atoms with E-state index in [2.05, 4.69) is 19.2 Å². The van der Waals surface area contributed by atoms with Gasteiger partial charge in [0.15, 0.2) is 11.5 Å². The van der Waals surface area contributed by atoms with E-state index in [1.807, 2.05) is 18.2 Å². The fourth-order valence-electron chi connectivity index (χ4n) is 2.63. The molecule has 0 aliphatic heterocycles. The molecule has 2 rings (SSSR count). The van der Waals surface area contributed by atoms with Gasteiger partial charge in [0.05, 0.1) is 13.2 Å². The van der Waals surface area contributed by atoms with Crippen LogP contribution in [0.15, 0.2) is 18.2 Å². The molecule has 0 amide bonds. The number of nitrogens with one attached hydrogen (secondary N) is 1. The Bertz CT molecular complexity index is 448. The largest absolute Gasteiger partial charge is 0.493 e. The summed E-state index contributed by atoms with van der Waals surface area (Å²) < 4.78 is 11.3. The Kier molecular flexibility index (Phi) is 5.88. The van der Waals surface area contributed by atoms with Crippen LogP contribution < -0.4 is 14.8 Å². The molecule has 21 heavy (non-hydrogen) atoms. The summed E-state index contributed by atoms with van der Waals surface area (Å²) in [5.41, 5.74) is 1.17. The van der Waals surface area contributed by atoms with Gasteiger partial charge in [-0.05, 0) is 49.4 Å². The van der Waals surface area contributed by atoms with Gasteiger partial charge in [0.1, 0.15) is 6.10 Å². The van der Waals surface area contributed by atoms with Crippen LogP contribution in [0.25, 0.3) is 0 Å². The SMILES string of the molecule is COc1cc(CNCC(C)C)ccc1OC1CCCC1O. The van der Waals surface area contributed by atoms with Crippen LogP contribution in [0.3, 0.4) is 0 Å². The number of hydrogen-bond acceptors (Lipinski definition) is 4. The molecule has 0 heterocycles. The van der Waals surface area contributed by atoms with Crippen molar-refractivity contribution in [3.8, 4) is 11.5 Å². The fourth-order valence-corrected chi connectivity index (χ4v) is 2.63. The zero-order valence-corrected chi connectivity index (χ0v) is 13.3. The number of ether oxygens (including phenoxy) is 2. The summed E-state index contributed by atoms with van der Waals surface area (Å²) in [7, 11) is 1.65. The molecule has 2 unspecified atom stereocenters. The molecule has 1 aromatic rings. The molecule has 0 spiro atoms. The van der Waals surface area contributed by atoms with Gasteiger partial charge in [-0.25, -0.2) is 0 Å². The van der Waals surface area contributed by atoms with Crippen molar-refractivity contribution in [1.82, 2.24) is 5.32 Å². The van der Waals surface area contributed by atoms with Crippen molar-refractivity contribution in [2.75, 3.05) is 13.7 Å².